The lowest BCUT2D eigenvalue weighted by atomic mass is 9.78. The fraction of sp³-hybridized carbons (Fsp3) is 0.456. The lowest BCUT2D eigenvalue weighted by molar-refractivity contribution is -0.160. The number of hydrazone groups is 1. The average molecular weight is 1130 g/mol. The van der Waals surface area contributed by atoms with Crippen molar-refractivity contribution in [3.8, 4) is 28.7 Å². The number of phenols is 3. The molecule has 2 fully saturated rings. The van der Waals surface area contributed by atoms with E-state index in [4.69, 9.17) is 23.7 Å². The zero-order chi connectivity index (χ0) is 59.4. The minimum absolute atomic E-state index is 0.00524. The number of aliphatic hydroxyl groups is 2. The minimum Gasteiger partial charge on any atom is -0.507 e. The Kier molecular flexibility index (Phi) is 16.5. The lowest BCUT2D eigenvalue weighted by Crippen LogP contribution is -2.54. The number of halogens is 1. The van der Waals surface area contributed by atoms with E-state index in [2.05, 4.69) is 10.4 Å². The summed E-state index contributed by atoms with van der Waals surface area (Å²) >= 11 is 0. The van der Waals surface area contributed by atoms with Crippen LogP contribution in [0.2, 0.25) is 0 Å². The van der Waals surface area contributed by atoms with E-state index in [0.29, 0.717) is 12.8 Å². The van der Waals surface area contributed by atoms with E-state index in [0.717, 1.165) is 23.6 Å². The Balaban J connectivity index is 1.24. The van der Waals surface area contributed by atoms with Crippen molar-refractivity contribution < 1.29 is 87.8 Å². The number of fused-ring (bicyclic) bond motifs is 15. The number of carbonyl (C=O) groups is 5. The van der Waals surface area contributed by atoms with Gasteiger partial charge in [0.1, 0.15) is 34.6 Å². The monoisotopic (exact) mass is 1130 g/mol. The largest absolute Gasteiger partial charge is 0.507 e. The molecule has 4 aromatic rings. The molecule has 23 nitrogen and oxygen atoms in total. The van der Waals surface area contributed by atoms with Gasteiger partial charge < -0.3 is 74.2 Å². The van der Waals surface area contributed by atoms with Gasteiger partial charge in [-0.3, -0.25) is 24.2 Å². The number of pyridine rings is 1. The number of anilines is 2. The SMILES string of the molecule is COc1c(N2CCN(/N=C/c3c4c(O)c5c(O)c(C)c6c(c5c3O)C(=O)[C@@](C)(O/C=C/[C@H](OC)[C@@H](C)[C@@H](OC(C)=O)[C@H](C)[C@H](O)[C@H](C)[C@@H](O)[C@@H](C)/C=C/C=C(/C)C(=O)N4)O6)C(C(=O)O)C2)c(F)cc2c(=O)c(C(=O)O)cn(C3CC3)c12. The van der Waals surface area contributed by atoms with Crippen LogP contribution in [0.1, 0.15) is 99.2 Å². The second-order valence-electron chi connectivity index (χ2n) is 21.3. The summed E-state index contributed by atoms with van der Waals surface area (Å²) in [6.07, 6.45) is 6.12. The highest BCUT2D eigenvalue weighted by Crippen LogP contribution is 2.55. The number of carboxylic acids is 2. The average Bonchev–Trinajstić information content (AvgIpc) is 2.51. The number of ketones is 1. The predicted octanol–water partition coefficient (Wildman–Crippen LogP) is 5.86. The van der Waals surface area contributed by atoms with E-state index < -0.39 is 152 Å². The number of hydrogen-bond donors (Lipinski definition) is 8. The van der Waals surface area contributed by atoms with Crippen molar-refractivity contribution in [2.24, 2.45) is 28.8 Å². The first-order valence-corrected chi connectivity index (χ1v) is 26.2. The summed E-state index contributed by atoms with van der Waals surface area (Å²) in [6, 6.07) is -0.907. The van der Waals surface area contributed by atoms with E-state index in [-0.39, 0.29) is 63.9 Å². The third-order valence-electron chi connectivity index (χ3n) is 15.9. The summed E-state index contributed by atoms with van der Waals surface area (Å²) in [5, 5.41) is 87.1. The van der Waals surface area contributed by atoms with Crippen molar-refractivity contribution in [1.82, 2.24) is 9.58 Å². The molecule has 1 aliphatic carbocycles. The number of Topliss-reactive ketones (excluding diaryl/α,β-unsaturated/α-hetero) is 1. The van der Waals surface area contributed by atoms with Crippen molar-refractivity contribution in [3.63, 3.8) is 0 Å². The third-order valence-corrected chi connectivity index (χ3v) is 15.9. The smallest absolute Gasteiger partial charge is 0.341 e. The summed E-state index contributed by atoms with van der Waals surface area (Å²) in [7, 11) is 2.62. The van der Waals surface area contributed by atoms with E-state index in [1.54, 1.807) is 38.3 Å². The number of aliphatic carboxylic acids is 1. The standard InChI is InChI=1S/C57H66FN5O18/c1-24-12-11-13-25(2)54(72)60-41-33(21-59-63-18-17-61(23-36(63)56(75)76)43-35(58)20-32-42(52(43)78-10)62(31-14-15-31)22-34(47(32)68)55(73)74)48(69)38-39(49(41)70)46(67)29(6)51-40(38)53(71)57(8,81-51)79-19-16-37(77-9)26(3)50(80-30(7)64)28(5)45(66)27(4)44(24)65/h11-13,16,19-22,24,26-28,31,36-37,44-45,50,65-67,69-70H,14-15,17-18,23H2,1-10H3,(H,60,72)(H,73,74)(H,75,76)/b12-11+,19-16+,25-13-,59-21+/t24-,26+,27+,28+,36?,37-,44-,45+,50+,57-/m0/s1. The van der Waals surface area contributed by atoms with Crippen LogP contribution in [-0.4, -0.2) is 151 Å². The highest BCUT2D eigenvalue weighted by molar-refractivity contribution is 6.24. The highest BCUT2D eigenvalue weighted by Gasteiger charge is 2.50. The van der Waals surface area contributed by atoms with Gasteiger partial charge in [0.15, 0.2) is 23.4 Å². The molecule has 8 N–H and O–H groups in total. The van der Waals surface area contributed by atoms with Gasteiger partial charge in [0.05, 0.1) is 84.1 Å². The number of aliphatic hydroxyl groups excluding tert-OH is 2. The minimum atomic E-state index is -2.22. The number of aromatic hydroxyl groups is 3. The maximum absolute atomic E-state index is 16.4. The molecule has 1 unspecified atom stereocenters. The number of hydrogen-bond acceptors (Lipinski definition) is 19. The summed E-state index contributed by atoms with van der Waals surface area (Å²) in [5.74, 6) is -14.3. The second-order valence-corrected chi connectivity index (χ2v) is 21.3. The Hall–Kier alpha value is -8.22. The quantitative estimate of drug-likeness (QED) is 0.0421. The van der Waals surface area contributed by atoms with Crippen LogP contribution < -0.4 is 25.1 Å². The number of nitrogens with one attached hydrogen (secondary N) is 1. The second kappa shape index (κ2) is 22.7. The van der Waals surface area contributed by atoms with Gasteiger partial charge in [-0.15, -0.1) is 0 Å². The Labute approximate surface area is 463 Å². The van der Waals surface area contributed by atoms with Crippen LogP contribution in [-0.2, 0) is 28.6 Å². The maximum atomic E-state index is 16.4. The summed E-state index contributed by atoms with van der Waals surface area (Å²) in [6.45, 7) is 11.1. The molecule has 3 aromatic carbocycles. The zero-order valence-electron chi connectivity index (χ0n) is 46.2. The molecule has 434 valence electrons. The molecule has 81 heavy (non-hydrogen) atoms. The number of benzene rings is 3. The number of carbonyl (C=O) groups excluding carboxylic acids is 3. The van der Waals surface area contributed by atoms with Crippen LogP contribution in [0.25, 0.3) is 21.7 Å². The van der Waals surface area contributed by atoms with Gasteiger partial charge in [0, 0.05) is 79.9 Å². The van der Waals surface area contributed by atoms with Gasteiger partial charge in [-0.2, -0.15) is 5.10 Å². The number of rotatable bonds is 9. The molecule has 0 spiro atoms. The summed E-state index contributed by atoms with van der Waals surface area (Å²) in [5.41, 5.74) is -3.07. The summed E-state index contributed by atoms with van der Waals surface area (Å²) < 4.78 is 47.4. The maximum Gasteiger partial charge on any atom is 0.341 e. The number of aromatic carboxylic acids is 1. The number of phenolic OH excluding ortho intramolecular Hbond substituents is 3. The molecular formula is C57H66FN5O18. The first-order valence-electron chi connectivity index (χ1n) is 26.2. The normalized spacial score (nSPS) is 28.1. The molecular weight excluding hydrogens is 1060 g/mol. The Morgan fingerprint density at radius 2 is 1.62 bits per heavy atom. The molecule has 1 saturated heterocycles. The number of amides is 1. The van der Waals surface area contributed by atoms with Crippen molar-refractivity contribution in [2.45, 2.75) is 111 Å². The molecule has 5 heterocycles. The number of esters is 1. The molecule has 1 aromatic heterocycles. The van der Waals surface area contributed by atoms with Crippen LogP contribution in [0.4, 0.5) is 15.8 Å². The lowest BCUT2D eigenvalue weighted by Gasteiger charge is -2.39. The van der Waals surface area contributed by atoms with Gasteiger partial charge in [-0.25, -0.2) is 14.0 Å². The van der Waals surface area contributed by atoms with Crippen LogP contribution >= 0.6 is 0 Å². The van der Waals surface area contributed by atoms with E-state index in [1.807, 2.05) is 0 Å². The Bertz CT molecular complexity index is 3440. The fourth-order valence-electron chi connectivity index (χ4n) is 11.0. The van der Waals surface area contributed by atoms with Crippen molar-refractivity contribution in [1.29, 1.82) is 0 Å². The predicted molar refractivity (Wildman–Crippen MR) is 292 cm³/mol. The molecule has 9 rings (SSSR count). The fourth-order valence-corrected chi connectivity index (χ4v) is 11.0. The number of aromatic nitrogens is 1. The zero-order valence-corrected chi connectivity index (χ0v) is 46.2. The number of ether oxygens (including phenoxy) is 5. The van der Waals surface area contributed by atoms with Gasteiger partial charge in [-0.1, -0.05) is 45.9 Å². The number of nitrogens with zero attached hydrogens (tertiary/aromatic N) is 4. The molecule has 24 heteroatoms. The Morgan fingerprint density at radius 1 is 0.926 bits per heavy atom. The number of carboxylic acid groups (broad SMARTS) is 2. The first kappa shape index (κ1) is 58.9. The number of methoxy groups -OCH3 is 2. The third kappa shape index (κ3) is 10.7. The van der Waals surface area contributed by atoms with Crippen LogP contribution in [0.5, 0.6) is 28.7 Å². The number of allylic oxidation sites excluding steroid dienone is 2. The van der Waals surface area contributed by atoms with Crippen molar-refractivity contribution >= 4 is 68.9 Å². The molecule has 1 amide bonds. The van der Waals surface area contributed by atoms with Gasteiger partial charge in [-0.05, 0) is 38.8 Å². The van der Waals surface area contributed by atoms with E-state index in [9.17, 15) is 64.5 Å². The first-order chi connectivity index (χ1) is 38.2. The molecule has 5 bridgehead atoms. The van der Waals surface area contributed by atoms with Gasteiger partial charge in [0.2, 0.25) is 5.43 Å². The van der Waals surface area contributed by atoms with Crippen LogP contribution in [0, 0.1) is 36.4 Å². The van der Waals surface area contributed by atoms with Crippen LogP contribution in [0.3, 0.4) is 0 Å². The molecule has 0 radical (unpaired) electrons. The van der Waals surface area contributed by atoms with E-state index >= 15 is 4.39 Å². The summed E-state index contributed by atoms with van der Waals surface area (Å²) in [4.78, 5) is 81.4. The molecule has 10 atom stereocenters. The highest BCUT2D eigenvalue weighted by atomic mass is 19.1. The Morgan fingerprint density at radius 3 is 2.23 bits per heavy atom. The van der Waals surface area contributed by atoms with Crippen LogP contribution in [0.15, 0.2) is 58.3 Å². The number of piperazine rings is 1. The van der Waals surface area contributed by atoms with Crippen molar-refractivity contribution in [2.75, 3.05) is 44.1 Å². The topological polar surface area (TPSA) is 326 Å². The van der Waals surface area contributed by atoms with Gasteiger partial charge >= 0.3 is 23.7 Å². The van der Waals surface area contributed by atoms with Crippen molar-refractivity contribution in [3.05, 3.63) is 86.7 Å². The van der Waals surface area contributed by atoms with Gasteiger partial charge in [0.25, 0.3) is 11.7 Å². The molecule has 4 aliphatic heterocycles. The van der Waals surface area contributed by atoms with E-state index in [1.165, 1.54) is 71.2 Å². The molecule has 5 aliphatic rings. The molecule has 1 saturated carbocycles.